The monoisotopic (exact) mass is 361 g/mol. The molecule has 140 valence electrons. The molecule has 0 saturated heterocycles. The maximum absolute atomic E-state index is 5.82. The third-order valence-corrected chi connectivity index (χ3v) is 4.53. The van der Waals surface area contributed by atoms with E-state index in [0.717, 1.165) is 30.2 Å². The van der Waals surface area contributed by atoms with Crippen LogP contribution in [0.2, 0.25) is 0 Å². The minimum absolute atomic E-state index is 0.623. The quantitative estimate of drug-likeness (QED) is 0.517. The van der Waals surface area contributed by atoms with E-state index in [-0.39, 0.29) is 0 Å². The molecule has 0 fully saturated rings. The summed E-state index contributed by atoms with van der Waals surface area (Å²) >= 11 is 0. The van der Waals surface area contributed by atoms with Crippen LogP contribution in [0.3, 0.4) is 0 Å². The van der Waals surface area contributed by atoms with Crippen LogP contribution in [0.5, 0.6) is 11.5 Å². The highest BCUT2D eigenvalue weighted by molar-refractivity contribution is 5.46. The van der Waals surface area contributed by atoms with Crippen molar-refractivity contribution in [3.8, 4) is 11.5 Å². The largest absolute Gasteiger partial charge is 0.493 e. The molecular weight excluding hydrogens is 334 g/mol. The predicted octanol–water partition coefficient (Wildman–Crippen LogP) is 5.42. The lowest BCUT2D eigenvalue weighted by molar-refractivity contribution is 0.322. The molecule has 3 heteroatoms. The van der Waals surface area contributed by atoms with E-state index in [4.69, 9.17) is 9.47 Å². The zero-order chi connectivity index (χ0) is 18.9. The third-order valence-electron chi connectivity index (χ3n) is 4.53. The first kappa shape index (κ1) is 18.8. The summed E-state index contributed by atoms with van der Waals surface area (Å²) in [4.78, 5) is 0. The Balaban J connectivity index is 1.36. The highest BCUT2D eigenvalue weighted by Gasteiger charge is 1.99. The summed E-state index contributed by atoms with van der Waals surface area (Å²) in [6.07, 6.45) is 0.913. The van der Waals surface area contributed by atoms with Crippen LogP contribution in [0.15, 0.2) is 72.8 Å². The molecule has 0 spiro atoms. The van der Waals surface area contributed by atoms with Gasteiger partial charge in [-0.25, -0.2) is 0 Å². The molecule has 1 N–H and O–H groups in total. The van der Waals surface area contributed by atoms with E-state index < -0.39 is 0 Å². The van der Waals surface area contributed by atoms with Crippen LogP contribution in [-0.4, -0.2) is 19.8 Å². The minimum atomic E-state index is 0.623. The van der Waals surface area contributed by atoms with Crippen LogP contribution >= 0.6 is 0 Å². The summed E-state index contributed by atoms with van der Waals surface area (Å²) in [5.41, 5.74) is 4.89. The van der Waals surface area contributed by atoms with Gasteiger partial charge < -0.3 is 14.8 Å². The Kier molecular flexibility index (Phi) is 6.75. The van der Waals surface area contributed by atoms with Crippen molar-refractivity contribution in [2.75, 3.05) is 25.1 Å². The second kappa shape index (κ2) is 9.67. The van der Waals surface area contributed by atoms with E-state index in [1.165, 1.54) is 16.7 Å². The van der Waals surface area contributed by atoms with E-state index in [1.54, 1.807) is 0 Å². The highest BCUT2D eigenvalue weighted by Crippen LogP contribution is 2.17. The first-order valence-electron chi connectivity index (χ1n) is 9.41. The van der Waals surface area contributed by atoms with Crippen molar-refractivity contribution in [3.05, 3.63) is 89.5 Å². The number of aryl methyl sites for hydroxylation is 2. The van der Waals surface area contributed by atoms with Crippen molar-refractivity contribution in [1.29, 1.82) is 0 Å². The number of rotatable bonds is 9. The number of hydrogen-bond donors (Lipinski definition) is 1. The van der Waals surface area contributed by atoms with Gasteiger partial charge in [0.1, 0.15) is 18.1 Å². The zero-order valence-electron chi connectivity index (χ0n) is 16.1. The second-order valence-corrected chi connectivity index (χ2v) is 6.63. The minimum Gasteiger partial charge on any atom is -0.493 e. The fourth-order valence-corrected chi connectivity index (χ4v) is 2.77. The van der Waals surface area contributed by atoms with Crippen molar-refractivity contribution in [1.82, 2.24) is 0 Å². The molecule has 0 aromatic heterocycles. The zero-order valence-corrected chi connectivity index (χ0v) is 16.1. The topological polar surface area (TPSA) is 30.5 Å². The molecule has 0 unspecified atom stereocenters. The summed E-state index contributed by atoms with van der Waals surface area (Å²) in [6, 6.07) is 24.6. The van der Waals surface area contributed by atoms with E-state index in [0.29, 0.717) is 13.2 Å². The van der Waals surface area contributed by atoms with E-state index in [9.17, 15) is 0 Å². The number of nitrogens with one attached hydrogen (secondary N) is 1. The van der Waals surface area contributed by atoms with Crippen LogP contribution in [-0.2, 0) is 6.42 Å². The first-order valence-corrected chi connectivity index (χ1v) is 9.41. The van der Waals surface area contributed by atoms with Crippen molar-refractivity contribution in [2.24, 2.45) is 0 Å². The van der Waals surface area contributed by atoms with Crippen molar-refractivity contribution in [2.45, 2.75) is 20.3 Å². The molecule has 0 bridgehead atoms. The molecule has 3 aromatic carbocycles. The molecule has 3 nitrogen and oxygen atoms in total. The standard InChI is InChI=1S/C24H27NO2/c1-19-8-11-24(18-20(19)2)27-17-15-25-22-9-12-23(13-10-22)26-16-14-21-6-4-3-5-7-21/h3-13,18,25H,14-17H2,1-2H3. The predicted molar refractivity (Wildman–Crippen MR) is 112 cm³/mol. The lowest BCUT2D eigenvalue weighted by Gasteiger charge is -2.11. The Hall–Kier alpha value is -2.94. The molecule has 0 amide bonds. The summed E-state index contributed by atoms with van der Waals surface area (Å²) in [5.74, 6) is 1.81. The van der Waals surface area contributed by atoms with E-state index in [2.05, 4.69) is 55.6 Å². The van der Waals surface area contributed by atoms with Crippen LogP contribution < -0.4 is 14.8 Å². The van der Waals surface area contributed by atoms with Crippen LogP contribution in [0.25, 0.3) is 0 Å². The lowest BCUT2D eigenvalue weighted by Crippen LogP contribution is -2.11. The fourth-order valence-electron chi connectivity index (χ4n) is 2.77. The summed E-state index contributed by atoms with van der Waals surface area (Å²) in [7, 11) is 0. The van der Waals surface area contributed by atoms with Gasteiger partial charge in [0, 0.05) is 18.7 Å². The van der Waals surface area contributed by atoms with Gasteiger partial charge in [-0.2, -0.15) is 0 Å². The fraction of sp³-hybridized carbons (Fsp3) is 0.250. The number of anilines is 1. The van der Waals surface area contributed by atoms with Crippen LogP contribution in [0, 0.1) is 13.8 Å². The Morgan fingerprint density at radius 2 is 1.41 bits per heavy atom. The van der Waals surface area contributed by atoms with Gasteiger partial charge in [-0.05, 0) is 66.9 Å². The normalized spacial score (nSPS) is 10.4. The molecule has 3 aromatic rings. The average Bonchev–Trinajstić information content (AvgIpc) is 2.70. The highest BCUT2D eigenvalue weighted by atomic mass is 16.5. The Morgan fingerprint density at radius 1 is 0.704 bits per heavy atom. The first-order chi connectivity index (χ1) is 13.2. The van der Waals surface area contributed by atoms with Gasteiger partial charge in [0.05, 0.1) is 6.61 Å². The molecule has 27 heavy (non-hydrogen) atoms. The van der Waals surface area contributed by atoms with Gasteiger partial charge >= 0.3 is 0 Å². The van der Waals surface area contributed by atoms with Gasteiger partial charge in [-0.3, -0.25) is 0 Å². The number of benzene rings is 3. The summed E-state index contributed by atoms with van der Waals surface area (Å²) in [5, 5.41) is 3.37. The van der Waals surface area contributed by atoms with Gasteiger partial charge in [0.15, 0.2) is 0 Å². The maximum atomic E-state index is 5.82. The smallest absolute Gasteiger partial charge is 0.119 e. The van der Waals surface area contributed by atoms with Crippen molar-refractivity contribution < 1.29 is 9.47 Å². The molecule has 0 saturated carbocycles. The number of hydrogen-bond acceptors (Lipinski definition) is 3. The van der Waals surface area contributed by atoms with Crippen molar-refractivity contribution in [3.63, 3.8) is 0 Å². The van der Waals surface area contributed by atoms with E-state index >= 15 is 0 Å². The van der Waals surface area contributed by atoms with Gasteiger partial charge in [0.2, 0.25) is 0 Å². The lowest BCUT2D eigenvalue weighted by atomic mass is 10.1. The molecule has 0 aliphatic carbocycles. The second-order valence-electron chi connectivity index (χ2n) is 6.63. The molecular formula is C24H27NO2. The molecule has 0 atom stereocenters. The number of ether oxygens (including phenoxy) is 2. The van der Waals surface area contributed by atoms with Gasteiger partial charge in [-0.15, -0.1) is 0 Å². The molecule has 0 heterocycles. The molecule has 0 aliphatic rings. The Morgan fingerprint density at radius 3 is 2.15 bits per heavy atom. The Labute approximate surface area is 162 Å². The third kappa shape index (κ3) is 6.07. The van der Waals surface area contributed by atoms with E-state index in [1.807, 2.05) is 36.4 Å². The van der Waals surface area contributed by atoms with Gasteiger partial charge in [0.25, 0.3) is 0 Å². The molecule has 0 aliphatic heterocycles. The SMILES string of the molecule is Cc1ccc(OCCNc2ccc(OCCc3ccccc3)cc2)cc1C. The summed E-state index contributed by atoms with van der Waals surface area (Å²) < 4.78 is 11.6. The molecule has 0 radical (unpaired) electrons. The van der Waals surface area contributed by atoms with Crippen LogP contribution in [0.1, 0.15) is 16.7 Å². The molecule has 3 rings (SSSR count). The van der Waals surface area contributed by atoms with Crippen LogP contribution in [0.4, 0.5) is 5.69 Å². The maximum Gasteiger partial charge on any atom is 0.119 e. The average molecular weight is 361 g/mol. The van der Waals surface area contributed by atoms with Gasteiger partial charge in [-0.1, -0.05) is 36.4 Å². The Bertz CT molecular complexity index is 829. The summed E-state index contributed by atoms with van der Waals surface area (Å²) in [6.45, 7) is 6.26. The van der Waals surface area contributed by atoms with Crippen molar-refractivity contribution >= 4 is 5.69 Å².